The monoisotopic (exact) mass is 299 g/mol. The van der Waals surface area contributed by atoms with Gasteiger partial charge in [0, 0.05) is 37.8 Å². The molecule has 7 heteroatoms. The molecule has 0 atom stereocenters. The average Bonchev–Trinajstić information content (AvgIpc) is 2.90. The second-order valence-electron chi connectivity index (χ2n) is 4.76. The van der Waals surface area contributed by atoms with Crippen molar-refractivity contribution < 1.29 is 13.2 Å². The van der Waals surface area contributed by atoms with Gasteiger partial charge in [-0.25, -0.2) is 9.97 Å². The van der Waals surface area contributed by atoms with E-state index >= 15 is 0 Å². The van der Waals surface area contributed by atoms with Gasteiger partial charge in [-0.3, -0.25) is 4.90 Å². The van der Waals surface area contributed by atoms with Crippen molar-refractivity contribution in [1.29, 1.82) is 0 Å². The lowest BCUT2D eigenvalue weighted by Gasteiger charge is -2.27. The number of hydrogen-bond acceptors (Lipinski definition) is 4. The largest absolute Gasteiger partial charge is 0.451 e. The lowest BCUT2D eigenvalue weighted by molar-refractivity contribution is -0.145. The van der Waals surface area contributed by atoms with E-state index in [1.165, 1.54) is 11.8 Å². The fourth-order valence-electron chi connectivity index (χ4n) is 2.29. The van der Waals surface area contributed by atoms with Crippen molar-refractivity contribution in [3.05, 3.63) is 45.7 Å². The quantitative estimate of drug-likeness (QED) is 0.853. The van der Waals surface area contributed by atoms with Gasteiger partial charge in [-0.1, -0.05) is 0 Å². The van der Waals surface area contributed by atoms with E-state index in [4.69, 9.17) is 0 Å². The molecule has 0 amide bonds. The molecule has 1 aliphatic heterocycles. The van der Waals surface area contributed by atoms with Crippen molar-refractivity contribution >= 4 is 11.3 Å². The van der Waals surface area contributed by atoms with Crippen molar-refractivity contribution in [2.75, 3.05) is 6.54 Å². The van der Waals surface area contributed by atoms with Crippen LogP contribution in [-0.4, -0.2) is 21.4 Å². The van der Waals surface area contributed by atoms with Crippen molar-refractivity contribution in [1.82, 2.24) is 14.9 Å². The zero-order chi connectivity index (χ0) is 14.2. The fourth-order valence-corrected chi connectivity index (χ4v) is 2.95. The lowest BCUT2D eigenvalue weighted by Crippen LogP contribution is -2.31. The van der Waals surface area contributed by atoms with Gasteiger partial charge in [0.05, 0.1) is 5.69 Å². The summed E-state index contributed by atoms with van der Waals surface area (Å²) in [5, 5.41) is 4.10. The normalized spacial score (nSPS) is 16.1. The topological polar surface area (TPSA) is 29.0 Å². The highest BCUT2D eigenvalue weighted by atomic mass is 32.1. The van der Waals surface area contributed by atoms with Crippen molar-refractivity contribution in [2.45, 2.75) is 25.7 Å². The van der Waals surface area contributed by atoms with Gasteiger partial charge < -0.3 is 0 Å². The summed E-state index contributed by atoms with van der Waals surface area (Å²) < 4.78 is 37.7. The van der Waals surface area contributed by atoms with Gasteiger partial charge in [-0.2, -0.15) is 24.5 Å². The SMILES string of the molecule is FC(F)(F)c1ncc2c(n1)CCN(Cc1ccsc1)C2. The molecule has 3 nitrogen and oxygen atoms in total. The van der Waals surface area contributed by atoms with E-state index in [1.54, 1.807) is 11.3 Å². The third-order valence-electron chi connectivity index (χ3n) is 3.25. The van der Waals surface area contributed by atoms with Crippen molar-refractivity contribution in [3.63, 3.8) is 0 Å². The average molecular weight is 299 g/mol. The molecule has 0 spiro atoms. The van der Waals surface area contributed by atoms with Crippen LogP contribution in [0.5, 0.6) is 0 Å². The summed E-state index contributed by atoms with van der Waals surface area (Å²) in [6.07, 6.45) is -2.63. The lowest BCUT2D eigenvalue weighted by atomic mass is 10.1. The standard InChI is InChI=1S/C13H12F3N3S/c14-13(15,16)12-17-5-10-7-19(3-1-11(10)18-12)6-9-2-4-20-8-9/h2,4-5,8H,1,3,6-7H2. The van der Waals surface area contributed by atoms with E-state index in [9.17, 15) is 13.2 Å². The van der Waals surface area contributed by atoms with E-state index in [1.807, 2.05) is 5.38 Å². The minimum Gasteiger partial charge on any atom is -0.294 e. The summed E-state index contributed by atoms with van der Waals surface area (Å²) in [6, 6.07) is 2.06. The van der Waals surface area contributed by atoms with Crippen LogP contribution in [0.25, 0.3) is 0 Å². The molecule has 0 unspecified atom stereocenters. The predicted octanol–water partition coefficient (Wildman–Crippen LogP) is 3.12. The molecule has 0 fully saturated rings. The number of halogens is 3. The zero-order valence-corrected chi connectivity index (χ0v) is 11.3. The molecule has 0 aromatic carbocycles. The van der Waals surface area contributed by atoms with Crippen LogP contribution in [0, 0.1) is 0 Å². The molecule has 3 rings (SSSR count). The first-order valence-electron chi connectivity index (χ1n) is 6.18. The first-order valence-corrected chi connectivity index (χ1v) is 7.12. The number of hydrogen-bond donors (Lipinski definition) is 0. The number of thiophene rings is 1. The second kappa shape index (κ2) is 5.14. The molecule has 0 bridgehead atoms. The van der Waals surface area contributed by atoms with Crippen LogP contribution < -0.4 is 0 Å². The fraction of sp³-hybridized carbons (Fsp3) is 0.385. The van der Waals surface area contributed by atoms with E-state index in [0.717, 1.165) is 18.7 Å². The molecular weight excluding hydrogens is 287 g/mol. The Balaban J connectivity index is 1.75. The first kappa shape index (κ1) is 13.5. The summed E-state index contributed by atoms with van der Waals surface area (Å²) in [5.41, 5.74) is 2.54. The van der Waals surface area contributed by atoms with Crippen LogP contribution in [0.4, 0.5) is 13.2 Å². The minimum absolute atomic E-state index is 0.522. The Kier molecular flexibility index (Phi) is 3.47. The van der Waals surface area contributed by atoms with Gasteiger partial charge in [0.25, 0.3) is 0 Å². The molecule has 1 aliphatic rings. The molecule has 0 radical (unpaired) electrons. The van der Waals surface area contributed by atoms with E-state index in [-0.39, 0.29) is 0 Å². The summed E-state index contributed by atoms with van der Waals surface area (Å²) in [5.74, 6) is -1.04. The molecule has 0 saturated heterocycles. The van der Waals surface area contributed by atoms with Crippen molar-refractivity contribution in [3.8, 4) is 0 Å². The molecule has 20 heavy (non-hydrogen) atoms. The number of alkyl halides is 3. The van der Waals surface area contributed by atoms with Crippen LogP contribution in [0.3, 0.4) is 0 Å². The van der Waals surface area contributed by atoms with E-state index in [0.29, 0.717) is 18.7 Å². The van der Waals surface area contributed by atoms with Gasteiger partial charge in [0.1, 0.15) is 0 Å². The molecule has 2 aromatic heterocycles. The number of aromatic nitrogens is 2. The van der Waals surface area contributed by atoms with Crippen LogP contribution >= 0.6 is 11.3 Å². The van der Waals surface area contributed by atoms with Gasteiger partial charge >= 0.3 is 6.18 Å². The van der Waals surface area contributed by atoms with Gasteiger partial charge in [-0.15, -0.1) is 0 Å². The minimum atomic E-state index is -4.47. The highest BCUT2D eigenvalue weighted by Gasteiger charge is 2.35. The highest BCUT2D eigenvalue weighted by Crippen LogP contribution is 2.28. The Morgan fingerprint density at radius 3 is 2.90 bits per heavy atom. The Morgan fingerprint density at radius 2 is 2.20 bits per heavy atom. The summed E-state index contributed by atoms with van der Waals surface area (Å²) in [6.45, 7) is 2.13. The van der Waals surface area contributed by atoms with E-state index < -0.39 is 12.0 Å². The molecule has 106 valence electrons. The van der Waals surface area contributed by atoms with Gasteiger partial charge in [0.2, 0.25) is 5.82 Å². The number of rotatable bonds is 2. The van der Waals surface area contributed by atoms with Crippen LogP contribution in [0.1, 0.15) is 22.6 Å². The second-order valence-corrected chi connectivity index (χ2v) is 5.54. The molecule has 0 saturated carbocycles. The zero-order valence-electron chi connectivity index (χ0n) is 10.5. The Labute approximate surface area is 118 Å². The van der Waals surface area contributed by atoms with Crippen LogP contribution in [0.2, 0.25) is 0 Å². The summed E-state index contributed by atoms with van der Waals surface area (Å²) in [4.78, 5) is 9.28. The van der Waals surface area contributed by atoms with Crippen LogP contribution in [0.15, 0.2) is 23.0 Å². The Bertz CT molecular complexity index is 595. The molecule has 2 aromatic rings. The third kappa shape index (κ3) is 2.83. The maximum atomic E-state index is 12.6. The first-order chi connectivity index (χ1) is 9.52. The third-order valence-corrected chi connectivity index (χ3v) is 3.98. The molecule has 3 heterocycles. The van der Waals surface area contributed by atoms with E-state index in [2.05, 4.69) is 26.3 Å². The smallest absolute Gasteiger partial charge is 0.294 e. The molecule has 0 aliphatic carbocycles. The Morgan fingerprint density at radius 1 is 1.35 bits per heavy atom. The number of fused-ring (bicyclic) bond motifs is 1. The van der Waals surface area contributed by atoms with Crippen LogP contribution in [-0.2, 0) is 25.7 Å². The van der Waals surface area contributed by atoms with Gasteiger partial charge in [-0.05, 0) is 22.4 Å². The maximum Gasteiger partial charge on any atom is 0.451 e. The van der Waals surface area contributed by atoms with Gasteiger partial charge in [0.15, 0.2) is 0 Å². The molecular formula is C13H12F3N3S. The number of nitrogens with zero attached hydrogens (tertiary/aromatic N) is 3. The summed E-state index contributed by atoms with van der Waals surface area (Å²) in [7, 11) is 0. The van der Waals surface area contributed by atoms with Crippen molar-refractivity contribution in [2.24, 2.45) is 0 Å². The maximum absolute atomic E-state index is 12.6. The predicted molar refractivity (Wildman–Crippen MR) is 69.2 cm³/mol. The highest BCUT2D eigenvalue weighted by molar-refractivity contribution is 7.07. The molecule has 0 N–H and O–H groups in total. The summed E-state index contributed by atoms with van der Waals surface area (Å²) >= 11 is 1.64. The Hall–Kier alpha value is -1.47.